The van der Waals surface area contributed by atoms with Gasteiger partial charge in [-0.05, 0) is 19.9 Å². The van der Waals surface area contributed by atoms with E-state index in [9.17, 15) is 15.0 Å². The van der Waals surface area contributed by atoms with Crippen molar-refractivity contribution in [1.29, 1.82) is 0 Å². The number of aromatic nitrogens is 4. The van der Waals surface area contributed by atoms with Gasteiger partial charge in [0.15, 0.2) is 11.5 Å². The van der Waals surface area contributed by atoms with Gasteiger partial charge in [0.25, 0.3) is 0 Å². The molecule has 0 unspecified atom stereocenters. The number of fused-ring (bicyclic) bond motifs is 1. The third-order valence-electron chi connectivity index (χ3n) is 4.86. The Labute approximate surface area is 150 Å². The molecule has 1 saturated heterocycles. The predicted octanol–water partition coefficient (Wildman–Crippen LogP) is -0.967. The molecule has 26 heavy (non-hydrogen) atoms. The molecule has 1 fully saturated rings. The van der Waals surface area contributed by atoms with Crippen LogP contribution in [0.5, 0.6) is 0 Å². The molecule has 1 amide bonds. The van der Waals surface area contributed by atoms with E-state index in [1.165, 1.54) is 12.7 Å². The average molecular weight is 363 g/mol. The number of carbonyl (C=O) groups is 1. The number of imidazole rings is 1. The van der Waals surface area contributed by atoms with Crippen molar-refractivity contribution in [3.8, 4) is 0 Å². The number of likely N-dealkylation sites (tertiary alicyclic amines) is 1. The molecule has 3 heterocycles. The van der Waals surface area contributed by atoms with Crippen molar-refractivity contribution >= 4 is 22.9 Å². The van der Waals surface area contributed by atoms with E-state index < -0.39 is 17.7 Å². The number of hydrogen-bond donors (Lipinski definition) is 4. The molecule has 10 nitrogen and oxygen atoms in total. The van der Waals surface area contributed by atoms with Crippen LogP contribution in [0.3, 0.4) is 0 Å². The van der Waals surface area contributed by atoms with Crippen LogP contribution in [0.4, 0.5) is 5.82 Å². The Balaban J connectivity index is 1.98. The molecule has 0 aliphatic carbocycles. The molecule has 2 aromatic heterocycles. The summed E-state index contributed by atoms with van der Waals surface area (Å²) in [4.78, 5) is 26.5. The largest absolute Gasteiger partial charge is 0.391 e. The number of hydrogen-bond acceptors (Lipinski definition) is 8. The van der Waals surface area contributed by atoms with E-state index in [4.69, 9.17) is 11.5 Å². The van der Waals surface area contributed by atoms with Crippen molar-refractivity contribution in [3.05, 3.63) is 12.7 Å². The first-order valence-corrected chi connectivity index (χ1v) is 8.64. The number of nitrogens with two attached hydrogens (primary N) is 2. The Morgan fingerprint density at radius 1 is 1.38 bits per heavy atom. The van der Waals surface area contributed by atoms with Crippen LogP contribution in [-0.4, -0.2) is 71.9 Å². The van der Waals surface area contributed by atoms with Gasteiger partial charge in [-0.1, -0.05) is 0 Å². The molecule has 3 atom stereocenters. The van der Waals surface area contributed by atoms with E-state index in [0.717, 1.165) is 0 Å². The maximum Gasteiger partial charge on any atom is 0.222 e. The predicted molar refractivity (Wildman–Crippen MR) is 94.9 cm³/mol. The highest BCUT2D eigenvalue weighted by Crippen LogP contribution is 2.34. The van der Waals surface area contributed by atoms with Gasteiger partial charge in [0.2, 0.25) is 5.91 Å². The van der Waals surface area contributed by atoms with E-state index in [-0.39, 0.29) is 31.2 Å². The lowest BCUT2D eigenvalue weighted by atomic mass is 9.91. The van der Waals surface area contributed by atoms with E-state index in [0.29, 0.717) is 30.6 Å². The highest BCUT2D eigenvalue weighted by molar-refractivity contribution is 5.81. The van der Waals surface area contributed by atoms with Crippen molar-refractivity contribution in [3.63, 3.8) is 0 Å². The first-order valence-electron chi connectivity index (χ1n) is 8.64. The van der Waals surface area contributed by atoms with Crippen molar-refractivity contribution in [1.82, 2.24) is 24.4 Å². The fourth-order valence-corrected chi connectivity index (χ4v) is 3.51. The third kappa shape index (κ3) is 3.48. The molecule has 0 bridgehead atoms. The molecule has 142 valence electrons. The summed E-state index contributed by atoms with van der Waals surface area (Å²) in [6.45, 7) is 2.46. The van der Waals surface area contributed by atoms with Crippen molar-refractivity contribution in [2.75, 3.05) is 25.4 Å². The highest BCUT2D eigenvalue weighted by Gasteiger charge is 2.41. The van der Waals surface area contributed by atoms with E-state index >= 15 is 0 Å². The molecular formula is C16H25N7O3. The van der Waals surface area contributed by atoms with E-state index in [2.05, 4.69) is 15.0 Å². The van der Waals surface area contributed by atoms with Crippen LogP contribution in [0.25, 0.3) is 11.2 Å². The smallest absolute Gasteiger partial charge is 0.222 e. The SMILES string of the molecule is C[C@@]1(O)C[C@H](O)CN(C(=O)CCCN)C[C@H]1n1cnc2c(N)ncnc21. The molecule has 0 aromatic carbocycles. The summed E-state index contributed by atoms with van der Waals surface area (Å²) in [6.07, 6.45) is 3.04. The second-order valence-electron chi connectivity index (χ2n) is 7.00. The molecule has 0 spiro atoms. The molecule has 1 aliphatic rings. The average Bonchev–Trinajstić information content (AvgIpc) is 2.95. The Morgan fingerprint density at radius 2 is 2.15 bits per heavy atom. The van der Waals surface area contributed by atoms with Gasteiger partial charge in [-0.3, -0.25) is 4.79 Å². The Bertz CT molecular complexity index is 791. The lowest BCUT2D eigenvalue weighted by molar-refractivity contribution is -0.132. The van der Waals surface area contributed by atoms with E-state index in [1.807, 2.05) is 0 Å². The fraction of sp³-hybridized carbons (Fsp3) is 0.625. The quantitative estimate of drug-likeness (QED) is 0.540. The monoisotopic (exact) mass is 363 g/mol. The first-order chi connectivity index (χ1) is 12.3. The number of β-amino-alcohol motifs (C(OH)–C–C–N with tert-alkyl or cyclic N) is 1. The van der Waals surface area contributed by atoms with Crippen LogP contribution >= 0.6 is 0 Å². The zero-order chi connectivity index (χ0) is 18.9. The maximum atomic E-state index is 12.5. The molecule has 3 rings (SSSR count). The summed E-state index contributed by atoms with van der Waals surface area (Å²) >= 11 is 0. The highest BCUT2D eigenvalue weighted by atomic mass is 16.3. The van der Waals surface area contributed by atoms with Crippen LogP contribution in [-0.2, 0) is 4.79 Å². The number of anilines is 1. The van der Waals surface area contributed by atoms with Crippen LogP contribution < -0.4 is 11.5 Å². The summed E-state index contributed by atoms with van der Waals surface area (Å²) < 4.78 is 1.70. The van der Waals surface area contributed by atoms with Crippen molar-refractivity contribution < 1.29 is 15.0 Å². The normalized spacial score (nSPS) is 26.8. The van der Waals surface area contributed by atoms with E-state index in [1.54, 1.807) is 16.4 Å². The van der Waals surface area contributed by atoms with Gasteiger partial charge >= 0.3 is 0 Å². The second-order valence-corrected chi connectivity index (χ2v) is 7.00. The van der Waals surface area contributed by atoms with Gasteiger partial charge in [0.1, 0.15) is 11.8 Å². The number of nitrogen functional groups attached to an aromatic ring is 1. The summed E-state index contributed by atoms with van der Waals surface area (Å²) in [5, 5.41) is 21.3. The van der Waals surface area contributed by atoms with Gasteiger partial charge in [-0.15, -0.1) is 0 Å². The van der Waals surface area contributed by atoms with Crippen LogP contribution in [0, 0.1) is 0 Å². The zero-order valence-electron chi connectivity index (χ0n) is 14.7. The van der Waals surface area contributed by atoms with Crippen LogP contribution in [0.2, 0.25) is 0 Å². The topological polar surface area (TPSA) is 156 Å². The Kier molecular flexibility index (Phi) is 5.08. The summed E-state index contributed by atoms with van der Waals surface area (Å²) in [6, 6.07) is -0.541. The number of rotatable bonds is 4. The third-order valence-corrected chi connectivity index (χ3v) is 4.86. The lowest BCUT2D eigenvalue weighted by Gasteiger charge is -2.34. The molecule has 10 heteroatoms. The van der Waals surface area contributed by atoms with Crippen molar-refractivity contribution in [2.24, 2.45) is 5.73 Å². The molecule has 0 saturated carbocycles. The number of amides is 1. The molecule has 2 aromatic rings. The zero-order valence-corrected chi connectivity index (χ0v) is 14.7. The lowest BCUT2D eigenvalue weighted by Crippen LogP contribution is -2.42. The number of aliphatic hydroxyl groups excluding tert-OH is 1. The second kappa shape index (κ2) is 7.14. The standard InChI is InChI=1S/C16H25N7O3/c1-16(26)5-10(24)6-22(12(25)3-2-4-17)7-11(16)23-9-21-13-14(18)19-8-20-15(13)23/h8-11,24,26H,2-7,17H2,1H3,(H2,18,19,20)/t10-,11+,16+/m0/s1. The molecule has 1 aliphatic heterocycles. The maximum absolute atomic E-state index is 12.5. The van der Waals surface area contributed by atoms with Gasteiger partial charge in [-0.25, -0.2) is 15.0 Å². The van der Waals surface area contributed by atoms with Gasteiger partial charge in [0, 0.05) is 25.9 Å². The van der Waals surface area contributed by atoms with Gasteiger partial charge in [0.05, 0.1) is 24.1 Å². The van der Waals surface area contributed by atoms with Gasteiger partial charge < -0.3 is 31.1 Å². The molecular weight excluding hydrogens is 338 g/mol. The number of nitrogens with zero attached hydrogens (tertiary/aromatic N) is 5. The minimum atomic E-state index is -1.27. The summed E-state index contributed by atoms with van der Waals surface area (Å²) in [7, 11) is 0. The fourth-order valence-electron chi connectivity index (χ4n) is 3.51. The molecule has 0 radical (unpaired) electrons. The van der Waals surface area contributed by atoms with Gasteiger partial charge in [-0.2, -0.15) is 0 Å². The minimum Gasteiger partial charge on any atom is -0.391 e. The van der Waals surface area contributed by atoms with Crippen molar-refractivity contribution in [2.45, 2.75) is 43.9 Å². The summed E-state index contributed by atoms with van der Waals surface area (Å²) in [5.74, 6) is 0.147. The number of carbonyl (C=O) groups excluding carboxylic acids is 1. The summed E-state index contributed by atoms with van der Waals surface area (Å²) in [5.41, 5.74) is 11.0. The molecule has 6 N–H and O–H groups in total. The van der Waals surface area contributed by atoms with Crippen LogP contribution in [0.15, 0.2) is 12.7 Å². The Hall–Kier alpha value is -2.30. The Morgan fingerprint density at radius 3 is 2.88 bits per heavy atom. The van der Waals surface area contributed by atoms with Crippen LogP contribution in [0.1, 0.15) is 32.2 Å². The minimum absolute atomic E-state index is 0.101. The number of aliphatic hydroxyl groups is 2. The first kappa shape index (κ1) is 18.5.